The van der Waals surface area contributed by atoms with Crippen LogP contribution in [0.1, 0.15) is 83.5 Å². The minimum atomic E-state index is -0.583. The number of hydrogen-bond acceptors (Lipinski definition) is 6. The van der Waals surface area contributed by atoms with E-state index in [1.54, 1.807) is 13.8 Å². The SMILES string of the molecule is CC(=N/N=C1/CC[C@H]2[C@@H]3CC=C4C[C@H](O)CC[C@]4(C)[C@H]3CC[C@]12C)c1c(O)cc(C)oc1=O. The Morgan fingerprint density at radius 1 is 1.15 bits per heavy atom. The van der Waals surface area contributed by atoms with Crippen LogP contribution in [0.4, 0.5) is 0 Å². The Morgan fingerprint density at radius 3 is 2.64 bits per heavy atom. The van der Waals surface area contributed by atoms with Gasteiger partial charge >= 0.3 is 5.63 Å². The molecule has 0 amide bonds. The van der Waals surface area contributed by atoms with Crippen LogP contribution >= 0.6 is 0 Å². The van der Waals surface area contributed by atoms with Crippen molar-refractivity contribution in [3.63, 3.8) is 0 Å². The first-order valence-corrected chi connectivity index (χ1v) is 12.5. The second kappa shape index (κ2) is 7.93. The lowest BCUT2D eigenvalue weighted by atomic mass is 9.48. The minimum Gasteiger partial charge on any atom is -0.507 e. The molecule has 3 saturated carbocycles. The second-order valence-electron chi connectivity index (χ2n) is 11.3. The van der Waals surface area contributed by atoms with Crippen LogP contribution in [0.25, 0.3) is 0 Å². The van der Waals surface area contributed by atoms with Crippen molar-refractivity contribution in [3.8, 4) is 5.75 Å². The van der Waals surface area contributed by atoms with E-state index in [2.05, 4.69) is 30.1 Å². The van der Waals surface area contributed by atoms with Gasteiger partial charge in [-0.1, -0.05) is 25.5 Å². The van der Waals surface area contributed by atoms with Gasteiger partial charge in [-0.15, -0.1) is 0 Å². The van der Waals surface area contributed by atoms with Gasteiger partial charge < -0.3 is 14.6 Å². The van der Waals surface area contributed by atoms with Gasteiger partial charge in [0.15, 0.2) is 0 Å². The Kier molecular flexibility index (Phi) is 5.43. The Balaban J connectivity index is 1.42. The zero-order valence-electron chi connectivity index (χ0n) is 20.2. The monoisotopic (exact) mass is 452 g/mol. The standard InChI is InChI=1S/C27H36N2O4/c1-15-13-22(31)24(25(32)33-15)16(2)28-29-23-8-7-20-19-6-5-17-14-18(30)9-11-26(17,3)21(19)10-12-27(20,23)4/h5,13,18-21,30-31H,6-12,14H2,1-4H3/b28-16?,29-23-/t18-,19+,20+,21+,26+,27+/m1/s1. The molecule has 0 spiro atoms. The van der Waals surface area contributed by atoms with E-state index >= 15 is 0 Å². The highest BCUT2D eigenvalue weighted by molar-refractivity contribution is 6.01. The van der Waals surface area contributed by atoms with E-state index in [1.807, 2.05) is 0 Å². The molecule has 3 fully saturated rings. The van der Waals surface area contributed by atoms with E-state index in [0.29, 0.717) is 29.2 Å². The van der Waals surface area contributed by atoms with Gasteiger partial charge in [0.05, 0.1) is 11.8 Å². The molecule has 33 heavy (non-hydrogen) atoms. The molecule has 5 rings (SSSR count). The van der Waals surface area contributed by atoms with E-state index in [4.69, 9.17) is 4.42 Å². The summed E-state index contributed by atoms with van der Waals surface area (Å²) in [6.45, 7) is 8.13. The molecule has 0 unspecified atom stereocenters. The molecular weight excluding hydrogens is 416 g/mol. The number of allylic oxidation sites excluding steroid dienone is 1. The molecule has 6 heteroatoms. The van der Waals surface area contributed by atoms with Crippen LogP contribution in [-0.4, -0.2) is 27.7 Å². The largest absolute Gasteiger partial charge is 0.507 e. The summed E-state index contributed by atoms with van der Waals surface area (Å²) in [6, 6.07) is 1.44. The molecule has 6 atom stereocenters. The Bertz CT molecular complexity index is 1120. The highest BCUT2D eigenvalue weighted by atomic mass is 16.4. The van der Waals surface area contributed by atoms with Crippen LogP contribution in [0.3, 0.4) is 0 Å². The summed E-state index contributed by atoms with van der Waals surface area (Å²) in [7, 11) is 0. The molecule has 1 aromatic rings. The smallest absolute Gasteiger partial charge is 0.348 e. The predicted octanol–water partition coefficient (Wildman–Crippen LogP) is 5.14. The topological polar surface area (TPSA) is 95.4 Å². The van der Waals surface area contributed by atoms with Crippen LogP contribution in [-0.2, 0) is 0 Å². The number of aliphatic hydroxyl groups is 1. The molecule has 4 aliphatic rings. The van der Waals surface area contributed by atoms with Crippen molar-refractivity contribution in [2.45, 2.75) is 85.2 Å². The molecule has 0 aliphatic heterocycles. The van der Waals surface area contributed by atoms with E-state index in [0.717, 1.165) is 50.7 Å². The molecule has 4 aliphatic carbocycles. The fourth-order valence-corrected chi connectivity index (χ4v) is 7.71. The fourth-order valence-electron chi connectivity index (χ4n) is 7.71. The lowest BCUT2D eigenvalue weighted by molar-refractivity contribution is -0.0209. The average Bonchev–Trinajstić information content (AvgIpc) is 3.08. The van der Waals surface area contributed by atoms with Gasteiger partial charge in [0, 0.05) is 17.2 Å². The van der Waals surface area contributed by atoms with Gasteiger partial charge in [-0.25, -0.2) is 4.79 Å². The first kappa shape index (κ1) is 22.6. The van der Waals surface area contributed by atoms with Gasteiger partial charge in [0.1, 0.15) is 17.1 Å². The Labute approximate surface area is 195 Å². The third-order valence-electron chi connectivity index (χ3n) is 9.56. The molecule has 6 nitrogen and oxygen atoms in total. The maximum absolute atomic E-state index is 12.2. The van der Waals surface area contributed by atoms with Gasteiger partial charge in [-0.2, -0.15) is 10.2 Å². The highest BCUT2D eigenvalue weighted by Gasteiger charge is 2.57. The zero-order valence-corrected chi connectivity index (χ0v) is 20.2. The van der Waals surface area contributed by atoms with Crippen molar-refractivity contribution in [1.82, 2.24) is 0 Å². The van der Waals surface area contributed by atoms with Crippen molar-refractivity contribution in [3.05, 3.63) is 39.5 Å². The maximum atomic E-state index is 12.2. The first-order valence-electron chi connectivity index (χ1n) is 12.5. The zero-order chi connectivity index (χ0) is 23.5. The molecular formula is C27H36N2O4. The summed E-state index contributed by atoms with van der Waals surface area (Å²) < 4.78 is 5.14. The van der Waals surface area contributed by atoms with Gasteiger partial charge in [0.25, 0.3) is 0 Å². The minimum absolute atomic E-state index is 0.0286. The third-order valence-corrected chi connectivity index (χ3v) is 9.56. The Morgan fingerprint density at radius 2 is 1.88 bits per heavy atom. The normalized spacial score (nSPS) is 39.6. The molecule has 0 bridgehead atoms. The number of hydrogen-bond donors (Lipinski definition) is 2. The molecule has 1 heterocycles. The van der Waals surface area contributed by atoms with E-state index in [-0.39, 0.29) is 28.2 Å². The molecule has 0 saturated heterocycles. The number of nitrogens with zero attached hydrogens (tertiary/aromatic N) is 2. The maximum Gasteiger partial charge on any atom is 0.348 e. The average molecular weight is 453 g/mol. The quantitative estimate of drug-likeness (QED) is 0.369. The number of rotatable bonds is 2. The third kappa shape index (κ3) is 3.52. The van der Waals surface area contributed by atoms with Crippen LogP contribution < -0.4 is 5.63 Å². The second-order valence-corrected chi connectivity index (χ2v) is 11.3. The summed E-state index contributed by atoms with van der Waals surface area (Å²) in [6.07, 6.45) is 10.6. The summed E-state index contributed by atoms with van der Waals surface area (Å²) in [5.41, 5.74) is 2.77. The predicted molar refractivity (Wildman–Crippen MR) is 129 cm³/mol. The summed E-state index contributed by atoms with van der Waals surface area (Å²) in [5, 5.41) is 29.5. The lowest BCUT2D eigenvalue weighted by Crippen LogP contribution is -2.50. The lowest BCUT2D eigenvalue weighted by Gasteiger charge is -2.57. The summed E-state index contributed by atoms with van der Waals surface area (Å²) in [5.74, 6) is 2.18. The number of aryl methyl sites for hydroxylation is 1. The number of aliphatic hydroxyl groups excluding tert-OH is 1. The molecule has 1 aromatic heterocycles. The van der Waals surface area contributed by atoms with Crippen molar-refractivity contribution in [2.24, 2.45) is 38.8 Å². The van der Waals surface area contributed by atoms with Gasteiger partial charge in [0.2, 0.25) is 0 Å². The molecule has 178 valence electrons. The van der Waals surface area contributed by atoms with Crippen LogP contribution in [0.2, 0.25) is 0 Å². The first-order chi connectivity index (χ1) is 15.6. The molecule has 2 N–H and O–H groups in total. The van der Waals surface area contributed by atoms with Gasteiger partial charge in [-0.3, -0.25) is 0 Å². The highest BCUT2D eigenvalue weighted by Crippen LogP contribution is 2.64. The van der Waals surface area contributed by atoms with Crippen molar-refractivity contribution in [1.29, 1.82) is 0 Å². The van der Waals surface area contributed by atoms with Crippen molar-refractivity contribution >= 4 is 11.4 Å². The summed E-state index contributed by atoms with van der Waals surface area (Å²) in [4.78, 5) is 12.2. The van der Waals surface area contributed by atoms with Crippen molar-refractivity contribution in [2.75, 3.05) is 0 Å². The van der Waals surface area contributed by atoms with Crippen molar-refractivity contribution < 1.29 is 14.6 Å². The summed E-state index contributed by atoms with van der Waals surface area (Å²) >= 11 is 0. The molecule has 0 radical (unpaired) electrons. The number of aromatic hydroxyl groups is 1. The van der Waals surface area contributed by atoms with E-state index in [1.165, 1.54) is 18.1 Å². The fraction of sp³-hybridized carbons (Fsp3) is 0.667. The van der Waals surface area contributed by atoms with Gasteiger partial charge in [-0.05, 0) is 88.4 Å². The van der Waals surface area contributed by atoms with E-state index in [9.17, 15) is 15.0 Å². The molecule has 0 aromatic carbocycles. The number of fused-ring (bicyclic) bond motifs is 5. The van der Waals surface area contributed by atoms with Crippen LogP contribution in [0.5, 0.6) is 5.75 Å². The Hall–Kier alpha value is -2.21. The van der Waals surface area contributed by atoms with Crippen LogP contribution in [0.15, 0.2) is 37.1 Å². The van der Waals surface area contributed by atoms with Crippen LogP contribution in [0, 0.1) is 35.5 Å². The van der Waals surface area contributed by atoms with E-state index < -0.39 is 5.63 Å².